The molecule has 2 unspecified atom stereocenters. The molecule has 1 aromatic carbocycles. The molecule has 1 saturated heterocycles. The first-order valence-electron chi connectivity index (χ1n) is 6.38. The number of carbonyl (C=O) groups is 1. The highest BCUT2D eigenvalue weighted by atomic mass is 16.6. The number of likely N-dealkylation sites (tertiary alicyclic amines) is 1. The first-order chi connectivity index (χ1) is 9.08. The van der Waals surface area contributed by atoms with Crippen LogP contribution in [0.5, 0.6) is 0 Å². The van der Waals surface area contributed by atoms with Crippen LogP contribution in [0.15, 0.2) is 30.3 Å². The van der Waals surface area contributed by atoms with Crippen molar-refractivity contribution < 1.29 is 14.6 Å². The van der Waals surface area contributed by atoms with Crippen LogP contribution in [0, 0.1) is 0 Å². The van der Waals surface area contributed by atoms with Gasteiger partial charge >= 0.3 is 6.09 Å². The molecule has 1 aliphatic heterocycles. The van der Waals surface area contributed by atoms with Crippen LogP contribution in [0.3, 0.4) is 0 Å². The largest absolute Gasteiger partial charge is 0.445 e. The fraction of sp³-hybridized carbons (Fsp3) is 0.500. The Labute approximate surface area is 113 Å². The summed E-state index contributed by atoms with van der Waals surface area (Å²) >= 11 is 0. The van der Waals surface area contributed by atoms with E-state index in [-0.39, 0.29) is 18.7 Å². The average molecular weight is 264 g/mol. The van der Waals surface area contributed by atoms with Crippen molar-refractivity contribution in [2.45, 2.75) is 18.8 Å². The van der Waals surface area contributed by atoms with Gasteiger partial charge in [0.2, 0.25) is 0 Å². The van der Waals surface area contributed by atoms with Gasteiger partial charge in [-0.05, 0) is 19.7 Å². The van der Waals surface area contributed by atoms with Crippen LogP contribution < -0.4 is 0 Å². The molecule has 0 aliphatic carbocycles. The third-order valence-corrected chi connectivity index (χ3v) is 3.39. The molecule has 1 amide bonds. The molecule has 1 aromatic rings. The van der Waals surface area contributed by atoms with Gasteiger partial charge in [0, 0.05) is 6.54 Å². The van der Waals surface area contributed by atoms with Crippen molar-refractivity contribution in [1.82, 2.24) is 9.80 Å². The first kappa shape index (κ1) is 13.8. The molecule has 2 atom stereocenters. The van der Waals surface area contributed by atoms with Crippen molar-refractivity contribution in [3.8, 4) is 0 Å². The molecule has 1 aliphatic rings. The standard InChI is InChI=1S/C14H20N2O3/c1-15(2)12-8-16(9-13(12)17)14(18)19-10-11-6-4-3-5-7-11/h3-7,12-13,17H,8-10H2,1-2H3. The molecule has 2 rings (SSSR count). The number of β-amino-alcohol motifs (C(OH)–C–C–N with tert-alkyl or cyclic N) is 1. The summed E-state index contributed by atoms with van der Waals surface area (Å²) in [5.41, 5.74) is 0.958. The molecule has 5 heteroatoms. The molecule has 0 saturated carbocycles. The van der Waals surface area contributed by atoms with Gasteiger partial charge in [-0.2, -0.15) is 0 Å². The van der Waals surface area contributed by atoms with Crippen molar-refractivity contribution in [2.75, 3.05) is 27.2 Å². The van der Waals surface area contributed by atoms with Gasteiger partial charge in [-0.1, -0.05) is 30.3 Å². The van der Waals surface area contributed by atoms with E-state index in [1.165, 1.54) is 0 Å². The number of nitrogens with zero attached hydrogens (tertiary/aromatic N) is 2. The zero-order valence-electron chi connectivity index (χ0n) is 11.3. The van der Waals surface area contributed by atoms with Crippen LogP contribution in [-0.4, -0.2) is 60.3 Å². The van der Waals surface area contributed by atoms with E-state index < -0.39 is 6.10 Å². The molecule has 1 N–H and O–H groups in total. The summed E-state index contributed by atoms with van der Waals surface area (Å²) in [6.07, 6.45) is -0.883. The lowest BCUT2D eigenvalue weighted by Crippen LogP contribution is -2.38. The fourth-order valence-electron chi connectivity index (χ4n) is 2.24. The molecule has 0 radical (unpaired) electrons. The number of aliphatic hydroxyl groups excluding tert-OH is 1. The summed E-state index contributed by atoms with van der Waals surface area (Å²) in [6, 6.07) is 9.53. The number of benzene rings is 1. The molecular formula is C14H20N2O3. The molecular weight excluding hydrogens is 244 g/mol. The molecule has 5 nitrogen and oxygen atoms in total. The monoisotopic (exact) mass is 264 g/mol. The summed E-state index contributed by atoms with van der Waals surface area (Å²) in [6.45, 7) is 1.09. The minimum Gasteiger partial charge on any atom is -0.445 e. The van der Waals surface area contributed by atoms with E-state index >= 15 is 0 Å². The second-order valence-corrected chi connectivity index (χ2v) is 5.04. The van der Waals surface area contributed by atoms with Crippen LogP contribution in [-0.2, 0) is 11.3 Å². The highest BCUT2D eigenvalue weighted by Gasteiger charge is 2.35. The van der Waals surface area contributed by atoms with Crippen molar-refractivity contribution in [2.24, 2.45) is 0 Å². The van der Waals surface area contributed by atoms with Crippen molar-refractivity contribution in [3.05, 3.63) is 35.9 Å². The van der Waals surface area contributed by atoms with Gasteiger partial charge < -0.3 is 19.6 Å². The fourth-order valence-corrected chi connectivity index (χ4v) is 2.24. The van der Waals surface area contributed by atoms with Gasteiger partial charge in [-0.3, -0.25) is 0 Å². The summed E-state index contributed by atoms with van der Waals surface area (Å²) in [5.74, 6) is 0. The Morgan fingerprint density at radius 1 is 1.37 bits per heavy atom. The van der Waals surface area contributed by atoms with Crippen LogP contribution in [0.25, 0.3) is 0 Å². The Kier molecular flexibility index (Phi) is 4.39. The molecule has 0 aromatic heterocycles. The van der Waals surface area contributed by atoms with Gasteiger partial charge in [0.15, 0.2) is 0 Å². The lowest BCUT2D eigenvalue weighted by atomic mass is 10.2. The Balaban J connectivity index is 1.85. The normalized spacial score (nSPS) is 22.8. The Hall–Kier alpha value is -1.59. The second kappa shape index (κ2) is 6.04. The van der Waals surface area contributed by atoms with Gasteiger partial charge in [0.05, 0.1) is 18.7 Å². The minimum atomic E-state index is -0.515. The summed E-state index contributed by atoms with van der Waals surface area (Å²) in [7, 11) is 3.79. The Morgan fingerprint density at radius 3 is 2.63 bits per heavy atom. The molecule has 1 fully saturated rings. The molecule has 19 heavy (non-hydrogen) atoms. The van der Waals surface area contributed by atoms with Gasteiger partial charge in [0.1, 0.15) is 6.61 Å². The summed E-state index contributed by atoms with van der Waals surface area (Å²) < 4.78 is 5.25. The summed E-state index contributed by atoms with van der Waals surface area (Å²) in [4.78, 5) is 15.4. The lowest BCUT2D eigenvalue weighted by Gasteiger charge is -2.21. The number of rotatable bonds is 3. The lowest BCUT2D eigenvalue weighted by molar-refractivity contribution is 0.0955. The van der Waals surface area contributed by atoms with Crippen molar-refractivity contribution in [1.29, 1.82) is 0 Å². The number of hydrogen-bond donors (Lipinski definition) is 1. The van der Waals surface area contributed by atoms with Crippen LogP contribution in [0.2, 0.25) is 0 Å². The topological polar surface area (TPSA) is 53.0 Å². The maximum Gasteiger partial charge on any atom is 0.410 e. The van der Waals surface area contributed by atoms with E-state index in [0.717, 1.165) is 5.56 Å². The maximum atomic E-state index is 11.9. The molecule has 0 bridgehead atoms. The predicted octanol–water partition coefficient (Wildman–Crippen LogP) is 0.930. The van der Waals surface area contributed by atoms with E-state index in [1.54, 1.807) is 4.90 Å². The SMILES string of the molecule is CN(C)C1CN(C(=O)OCc2ccccc2)CC1O. The summed E-state index contributed by atoms with van der Waals surface area (Å²) in [5, 5.41) is 9.87. The van der Waals surface area contributed by atoms with E-state index in [0.29, 0.717) is 13.1 Å². The minimum absolute atomic E-state index is 0.0238. The highest BCUT2D eigenvalue weighted by molar-refractivity contribution is 5.68. The molecule has 1 heterocycles. The molecule has 104 valence electrons. The van der Waals surface area contributed by atoms with Crippen LogP contribution >= 0.6 is 0 Å². The van der Waals surface area contributed by atoms with Crippen LogP contribution in [0.1, 0.15) is 5.56 Å². The van der Waals surface area contributed by atoms with Crippen molar-refractivity contribution in [3.63, 3.8) is 0 Å². The predicted molar refractivity (Wildman–Crippen MR) is 71.7 cm³/mol. The zero-order chi connectivity index (χ0) is 13.8. The van der Waals surface area contributed by atoms with Gasteiger partial charge in [0.25, 0.3) is 0 Å². The number of likely N-dealkylation sites (N-methyl/N-ethyl adjacent to an activating group) is 1. The van der Waals surface area contributed by atoms with E-state index in [4.69, 9.17) is 4.74 Å². The van der Waals surface area contributed by atoms with E-state index in [1.807, 2.05) is 49.3 Å². The van der Waals surface area contributed by atoms with Crippen molar-refractivity contribution >= 4 is 6.09 Å². The number of aliphatic hydroxyl groups is 1. The highest BCUT2D eigenvalue weighted by Crippen LogP contribution is 2.15. The Morgan fingerprint density at radius 2 is 2.05 bits per heavy atom. The number of hydrogen-bond acceptors (Lipinski definition) is 4. The van der Waals surface area contributed by atoms with Gasteiger partial charge in [-0.15, -0.1) is 0 Å². The van der Waals surface area contributed by atoms with E-state index in [2.05, 4.69) is 0 Å². The molecule has 0 spiro atoms. The number of ether oxygens (including phenoxy) is 1. The van der Waals surface area contributed by atoms with E-state index in [9.17, 15) is 9.90 Å². The quantitative estimate of drug-likeness (QED) is 0.882. The number of amides is 1. The second-order valence-electron chi connectivity index (χ2n) is 5.04. The maximum absolute atomic E-state index is 11.9. The average Bonchev–Trinajstić information content (AvgIpc) is 2.79. The smallest absolute Gasteiger partial charge is 0.410 e. The zero-order valence-corrected chi connectivity index (χ0v) is 11.3. The third kappa shape index (κ3) is 3.45. The third-order valence-electron chi connectivity index (χ3n) is 3.39. The Bertz CT molecular complexity index is 422. The number of carbonyl (C=O) groups excluding carboxylic acids is 1. The van der Waals surface area contributed by atoms with Crippen LogP contribution in [0.4, 0.5) is 4.79 Å². The van der Waals surface area contributed by atoms with Gasteiger partial charge in [-0.25, -0.2) is 4.79 Å². The first-order valence-corrected chi connectivity index (χ1v) is 6.38.